The number of carbonyl (C=O) groups excluding carboxylic acids is 1. The zero-order valence-corrected chi connectivity index (χ0v) is 12.2. The van der Waals surface area contributed by atoms with Crippen molar-refractivity contribution in [2.75, 3.05) is 37.6 Å². The number of anilines is 1. The van der Waals surface area contributed by atoms with Crippen molar-refractivity contribution in [1.82, 2.24) is 10.2 Å². The summed E-state index contributed by atoms with van der Waals surface area (Å²) in [5.74, 6) is -0.903. The monoisotopic (exact) mass is 291 g/mol. The third-order valence-corrected chi connectivity index (χ3v) is 3.64. The third-order valence-electron chi connectivity index (χ3n) is 3.64. The van der Waals surface area contributed by atoms with E-state index in [-0.39, 0.29) is 19.0 Å². The predicted molar refractivity (Wildman–Crippen MR) is 80.6 cm³/mol. The number of piperazine rings is 1. The lowest BCUT2D eigenvalue weighted by Gasteiger charge is -2.36. The van der Waals surface area contributed by atoms with E-state index in [4.69, 9.17) is 5.11 Å². The van der Waals surface area contributed by atoms with E-state index in [1.807, 2.05) is 12.1 Å². The highest BCUT2D eigenvalue weighted by Gasteiger charge is 2.21. The van der Waals surface area contributed by atoms with Gasteiger partial charge in [0.25, 0.3) is 0 Å². The molecular formula is C15H21N3O3. The van der Waals surface area contributed by atoms with Gasteiger partial charge in [0.05, 0.1) is 6.42 Å². The highest BCUT2D eigenvalue weighted by atomic mass is 16.4. The van der Waals surface area contributed by atoms with Crippen molar-refractivity contribution in [3.05, 3.63) is 29.8 Å². The number of amides is 2. The fraction of sp³-hybridized carbons (Fsp3) is 0.467. The Morgan fingerprint density at radius 1 is 1.19 bits per heavy atom. The molecule has 0 spiro atoms. The van der Waals surface area contributed by atoms with E-state index in [1.165, 1.54) is 11.3 Å². The van der Waals surface area contributed by atoms with Gasteiger partial charge in [-0.05, 0) is 18.6 Å². The molecule has 0 aliphatic carbocycles. The first-order valence-corrected chi connectivity index (χ1v) is 7.13. The quantitative estimate of drug-likeness (QED) is 0.877. The number of rotatable bonds is 4. The van der Waals surface area contributed by atoms with E-state index in [2.05, 4.69) is 29.3 Å². The van der Waals surface area contributed by atoms with Crippen molar-refractivity contribution in [2.24, 2.45) is 0 Å². The van der Waals surface area contributed by atoms with Crippen molar-refractivity contribution >= 4 is 17.7 Å². The second-order valence-corrected chi connectivity index (χ2v) is 5.14. The molecule has 1 aromatic carbocycles. The number of aryl methyl sites for hydroxylation is 1. The number of nitrogens with zero attached hydrogens (tertiary/aromatic N) is 2. The molecule has 0 saturated carbocycles. The third kappa shape index (κ3) is 4.11. The lowest BCUT2D eigenvalue weighted by Crippen LogP contribution is -2.52. The largest absolute Gasteiger partial charge is 0.481 e. The molecule has 2 rings (SSSR count). The number of hydrogen-bond donors (Lipinski definition) is 2. The van der Waals surface area contributed by atoms with Crippen LogP contribution in [0.3, 0.4) is 0 Å². The lowest BCUT2D eigenvalue weighted by atomic mass is 10.1. The van der Waals surface area contributed by atoms with Crippen molar-refractivity contribution in [1.29, 1.82) is 0 Å². The minimum atomic E-state index is -0.903. The number of benzene rings is 1. The van der Waals surface area contributed by atoms with E-state index < -0.39 is 5.97 Å². The molecule has 1 aliphatic rings. The van der Waals surface area contributed by atoms with Gasteiger partial charge in [-0.1, -0.05) is 18.2 Å². The molecule has 1 heterocycles. The van der Waals surface area contributed by atoms with Gasteiger partial charge in [-0.15, -0.1) is 0 Å². The first kappa shape index (κ1) is 15.2. The summed E-state index contributed by atoms with van der Waals surface area (Å²) in [6.45, 7) is 5.13. The van der Waals surface area contributed by atoms with Crippen LogP contribution in [0.4, 0.5) is 10.5 Å². The van der Waals surface area contributed by atoms with Crippen molar-refractivity contribution in [3.63, 3.8) is 0 Å². The maximum atomic E-state index is 11.9. The van der Waals surface area contributed by atoms with E-state index >= 15 is 0 Å². The summed E-state index contributed by atoms with van der Waals surface area (Å²) >= 11 is 0. The van der Waals surface area contributed by atoms with Gasteiger partial charge in [0.15, 0.2) is 0 Å². The normalized spacial score (nSPS) is 14.9. The molecule has 0 radical (unpaired) electrons. The molecule has 1 saturated heterocycles. The van der Waals surface area contributed by atoms with E-state index in [0.29, 0.717) is 13.1 Å². The van der Waals surface area contributed by atoms with Crippen LogP contribution in [0.15, 0.2) is 24.3 Å². The molecule has 21 heavy (non-hydrogen) atoms. The number of hydrogen-bond acceptors (Lipinski definition) is 3. The zero-order valence-electron chi connectivity index (χ0n) is 12.2. The second-order valence-electron chi connectivity index (χ2n) is 5.14. The first-order valence-electron chi connectivity index (χ1n) is 7.13. The van der Waals surface area contributed by atoms with E-state index in [9.17, 15) is 9.59 Å². The first-order chi connectivity index (χ1) is 10.1. The molecule has 0 atom stereocenters. The molecule has 1 aromatic rings. The number of carbonyl (C=O) groups is 2. The van der Waals surface area contributed by atoms with Crippen molar-refractivity contribution < 1.29 is 14.7 Å². The topological polar surface area (TPSA) is 72.9 Å². The van der Waals surface area contributed by atoms with Gasteiger partial charge in [0.2, 0.25) is 0 Å². The number of urea groups is 1. The minimum absolute atomic E-state index is 0.0467. The van der Waals surface area contributed by atoms with Crippen molar-refractivity contribution in [2.45, 2.75) is 13.3 Å². The van der Waals surface area contributed by atoms with Crippen LogP contribution in [-0.4, -0.2) is 54.7 Å². The zero-order chi connectivity index (χ0) is 15.2. The second kappa shape index (κ2) is 6.97. The van der Waals surface area contributed by atoms with E-state index in [1.54, 1.807) is 4.90 Å². The Morgan fingerprint density at radius 2 is 1.86 bits per heavy atom. The Bertz CT molecular complexity index is 511. The highest BCUT2D eigenvalue weighted by molar-refractivity contribution is 5.75. The Labute approximate surface area is 124 Å². The van der Waals surface area contributed by atoms with Gasteiger partial charge in [0.1, 0.15) is 0 Å². The standard InChI is InChI=1S/C15H21N3O3/c1-12-4-2-3-5-13(12)17-8-10-18(11-9-17)15(21)16-7-6-14(19)20/h2-5H,6-11H2,1H3,(H,16,21)(H,19,20). The lowest BCUT2D eigenvalue weighted by molar-refractivity contribution is -0.136. The summed E-state index contributed by atoms with van der Waals surface area (Å²) in [5.41, 5.74) is 2.44. The van der Waals surface area contributed by atoms with Crippen LogP contribution in [0.25, 0.3) is 0 Å². The molecule has 2 N–H and O–H groups in total. The Morgan fingerprint density at radius 3 is 2.48 bits per heavy atom. The maximum absolute atomic E-state index is 11.9. The number of aliphatic carboxylic acids is 1. The Hall–Kier alpha value is -2.24. The summed E-state index contributed by atoms with van der Waals surface area (Å²) in [6, 6.07) is 8.04. The fourth-order valence-corrected chi connectivity index (χ4v) is 2.46. The molecule has 2 amide bonds. The molecule has 114 valence electrons. The molecule has 0 unspecified atom stereocenters. The highest BCUT2D eigenvalue weighted by Crippen LogP contribution is 2.20. The Balaban J connectivity index is 1.82. The number of nitrogens with one attached hydrogen (secondary N) is 1. The van der Waals surface area contributed by atoms with Crippen LogP contribution >= 0.6 is 0 Å². The van der Waals surface area contributed by atoms with Crippen LogP contribution in [-0.2, 0) is 4.79 Å². The van der Waals surface area contributed by atoms with Crippen LogP contribution in [0.1, 0.15) is 12.0 Å². The van der Waals surface area contributed by atoms with Gasteiger partial charge >= 0.3 is 12.0 Å². The molecule has 1 aliphatic heterocycles. The number of para-hydroxylation sites is 1. The van der Waals surface area contributed by atoms with Gasteiger partial charge in [-0.3, -0.25) is 4.79 Å². The van der Waals surface area contributed by atoms with E-state index in [0.717, 1.165) is 13.1 Å². The number of carboxylic acids is 1. The molecule has 1 fully saturated rings. The van der Waals surface area contributed by atoms with Crippen LogP contribution in [0.5, 0.6) is 0 Å². The summed E-state index contributed by atoms with van der Waals surface area (Å²) in [7, 11) is 0. The fourth-order valence-electron chi connectivity index (χ4n) is 2.46. The summed E-state index contributed by atoms with van der Waals surface area (Å²) in [4.78, 5) is 26.3. The molecule has 0 bridgehead atoms. The molecular weight excluding hydrogens is 270 g/mol. The summed E-state index contributed by atoms with van der Waals surface area (Å²) in [6.07, 6.45) is -0.0467. The number of carboxylic acid groups (broad SMARTS) is 1. The SMILES string of the molecule is Cc1ccccc1N1CCN(C(=O)NCCC(=O)O)CC1. The van der Waals surface area contributed by atoms with Crippen molar-refractivity contribution in [3.8, 4) is 0 Å². The average molecular weight is 291 g/mol. The van der Waals surface area contributed by atoms with Crippen LogP contribution in [0, 0.1) is 6.92 Å². The Kier molecular flexibility index (Phi) is 5.03. The molecule has 0 aromatic heterocycles. The van der Waals surface area contributed by atoms with Gasteiger partial charge in [-0.25, -0.2) is 4.79 Å². The average Bonchev–Trinajstić information content (AvgIpc) is 2.47. The minimum Gasteiger partial charge on any atom is -0.481 e. The molecule has 6 nitrogen and oxygen atoms in total. The van der Waals surface area contributed by atoms with Gasteiger partial charge < -0.3 is 20.2 Å². The summed E-state index contributed by atoms with van der Waals surface area (Å²) < 4.78 is 0. The summed E-state index contributed by atoms with van der Waals surface area (Å²) in [5, 5.41) is 11.2. The van der Waals surface area contributed by atoms with Gasteiger partial charge in [0, 0.05) is 38.4 Å². The molecule has 6 heteroatoms. The van der Waals surface area contributed by atoms with Crippen LogP contribution in [0.2, 0.25) is 0 Å². The van der Waals surface area contributed by atoms with Crippen LogP contribution < -0.4 is 10.2 Å². The smallest absolute Gasteiger partial charge is 0.317 e. The predicted octanol–water partition coefficient (Wildman–Crippen LogP) is 1.30. The maximum Gasteiger partial charge on any atom is 0.317 e. The van der Waals surface area contributed by atoms with Gasteiger partial charge in [-0.2, -0.15) is 0 Å².